The van der Waals surface area contributed by atoms with Crippen LogP contribution in [0.5, 0.6) is 0 Å². The monoisotopic (exact) mass is 222 g/mol. The van der Waals surface area contributed by atoms with Gasteiger partial charge in [0, 0.05) is 5.69 Å². The molecule has 4 nitrogen and oxygen atoms in total. The number of benzene rings is 1. The summed E-state index contributed by atoms with van der Waals surface area (Å²) < 4.78 is 17.5. The Bertz CT molecular complexity index is 440. The van der Waals surface area contributed by atoms with Crippen LogP contribution in [0.15, 0.2) is 18.2 Å². The third-order valence-electron chi connectivity index (χ3n) is 2.02. The second kappa shape index (κ2) is 5.12. The van der Waals surface area contributed by atoms with E-state index in [-0.39, 0.29) is 5.56 Å². The molecule has 1 atom stereocenters. The van der Waals surface area contributed by atoms with Gasteiger partial charge in [0.05, 0.1) is 12.7 Å². The Morgan fingerprint density at radius 3 is 2.88 bits per heavy atom. The van der Waals surface area contributed by atoms with Crippen molar-refractivity contribution in [1.29, 1.82) is 5.26 Å². The lowest BCUT2D eigenvalue weighted by Gasteiger charge is -2.12. The standard InChI is InChI=1S/C11H11FN2O2/c1-7(11(15)16-2)14-9-3-4-10(12)8(5-9)6-13/h3-5,7,14H,1-2H3. The third kappa shape index (κ3) is 2.70. The molecule has 1 unspecified atom stereocenters. The first kappa shape index (κ1) is 12.0. The van der Waals surface area contributed by atoms with E-state index in [1.54, 1.807) is 13.0 Å². The summed E-state index contributed by atoms with van der Waals surface area (Å²) in [4.78, 5) is 11.1. The van der Waals surface area contributed by atoms with E-state index in [1.165, 1.54) is 25.3 Å². The van der Waals surface area contributed by atoms with Gasteiger partial charge >= 0.3 is 5.97 Å². The van der Waals surface area contributed by atoms with Crippen molar-refractivity contribution in [3.8, 4) is 6.07 Å². The van der Waals surface area contributed by atoms with E-state index in [0.717, 1.165) is 0 Å². The lowest BCUT2D eigenvalue weighted by atomic mass is 10.2. The van der Waals surface area contributed by atoms with Gasteiger partial charge in [-0.05, 0) is 25.1 Å². The molecule has 0 saturated heterocycles. The lowest BCUT2D eigenvalue weighted by molar-refractivity contribution is -0.141. The summed E-state index contributed by atoms with van der Waals surface area (Å²) in [5.74, 6) is -1.01. The number of methoxy groups -OCH3 is 1. The number of ether oxygens (including phenoxy) is 1. The Balaban J connectivity index is 2.83. The molecule has 0 spiro atoms. The molecule has 0 fully saturated rings. The van der Waals surface area contributed by atoms with Gasteiger partial charge in [-0.3, -0.25) is 0 Å². The number of hydrogen-bond acceptors (Lipinski definition) is 4. The van der Waals surface area contributed by atoms with Crippen molar-refractivity contribution in [1.82, 2.24) is 0 Å². The highest BCUT2D eigenvalue weighted by Gasteiger charge is 2.13. The molecule has 0 aromatic heterocycles. The molecule has 0 radical (unpaired) electrons. The van der Waals surface area contributed by atoms with Gasteiger partial charge in [0.1, 0.15) is 17.9 Å². The SMILES string of the molecule is COC(=O)C(C)Nc1ccc(F)c(C#N)c1. The van der Waals surface area contributed by atoms with E-state index in [2.05, 4.69) is 10.1 Å². The number of nitrogens with one attached hydrogen (secondary N) is 1. The van der Waals surface area contributed by atoms with Crippen molar-refractivity contribution >= 4 is 11.7 Å². The Morgan fingerprint density at radius 2 is 2.31 bits per heavy atom. The predicted octanol–water partition coefficient (Wildman–Crippen LogP) is 1.67. The van der Waals surface area contributed by atoms with E-state index in [1.807, 2.05) is 0 Å². The van der Waals surface area contributed by atoms with Crippen LogP contribution in [-0.2, 0) is 9.53 Å². The molecule has 1 aromatic carbocycles. The minimum Gasteiger partial charge on any atom is -0.467 e. The molecule has 1 N–H and O–H groups in total. The van der Waals surface area contributed by atoms with E-state index in [4.69, 9.17) is 5.26 Å². The Kier molecular flexibility index (Phi) is 3.84. The fourth-order valence-electron chi connectivity index (χ4n) is 1.19. The van der Waals surface area contributed by atoms with Crippen LogP contribution in [0.4, 0.5) is 10.1 Å². The number of nitriles is 1. The number of nitrogens with zero attached hydrogens (tertiary/aromatic N) is 1. The van der Waals surface area contributed by atoms with Crippen LogP contribution in [0.1, 0.15) is 12.5 Å². The topological polar surface area (TPSA) is 62.1 Å². The van der Waals surface area contributed by atoms with E-state index in [0.29, 0.717) is 5.69 Å². The maximum absolute atomic E-state index is 13.0. The highest BCUT2D eigenvalue weighted by molar-refractivity contribution is 5.78. The fourth-order valence-corrected chi connectivity index (χ4v) is 1.19. The van der Waals surface area contributed by atoms with Gasteiger partial charge < -0.3 is 10.1 Å². The van der Waals surface area contributed by atoms with Crippen molar-refractivity contribution in [2.24, 2.45) is 0 Å². The molecule has 1 aromatic rings. The summed E-state index contributed by atoms with van der Waals surface area (Å²) in [7, 11) is 1.28. The van der Waals surface area contributed by atoms with Gasteiger partial charge in [0.15, 0.2) is 0 Å². The molecule has 84 valence electrons. The first-order valence-electron chi connectivity index (χ1n) is 4.62. The van der Waals surface area contributed by atoms with Crippen LogP contribution in [-0.4, -0.2) is 19.1 Å². The number of anilines is 1. The van der Waals surface area contributed by atoms with Crippen molar-refractivity contribution < 1.29 is 13.9 Å². The van der Waals surface area contributed by atoms with Gasteiger partial charge in [0.2, 0.25) is 0 Å². The van der Waals surface area contributed by atoms with Crippen molar-refractivity contribution in [3.05, 3.63) is 29.6 Å². The third-order valence-corrected chi connectivity index (χ3v) is 2.02. The zero-order chi connectivity index (χ0) is 12.1. The maximum atomic E-state index is 13.0. The van der Waals surface area contributed by atoms with Crippen molar-refractivity contribution in [3.63, 3.8) is 0 Å². The van der Waals surface area contributed by atoms with E-state index < -0.39 is 17.8 Å². The van der Waals surface area contributed by atoms with Gasteiger partial charge in [-0.15, -0.1) is 0 Å². The first-order chi connectivity index (χ1) is 7.58. The van der Waals surface area contributed by atoms with Crippen LogP contribution in [0, 0.1) is 17.1 Å². The van der Waals surface area contributed by atoms with Gasteiger partial charge in [-0.1, -0.05) is 0 Å². The largest absolute Gasteiger partial charge is 0.467 e. The second-order valence-electron chi connectivity index (χ2n) is 3.20. The smallest absolute Gasteiger partial charge is 0.327 e. The molecule has 1 rings (SSSR count). The zero-order valence-corrected chi connectivity index (χ0v) is 8.95. The van der Waals surface area contributed by atoms with Crippen LogP contribution < -0.4 is 5.32 Å². The Hall–Kier alpha value is -2.09. The van der Waals surface area contributed by atoms with E-state index in [9.17, 15) is 9.18 Å². The molecule has 0 bridgehead atoms. The summed E-state index contributed by atoms with van der Waals surface area (Å²) in [6, 6.07) is 5.13. The van der Waals surface area contributed by atoms with Crippen LogP contribution >= 0.6 is 0 Å². The highest BCUT2D eigenvalue weighted by Crippen LogP contribution is 2.14. The number of esters is 1. The zero-order valence-electron chi connectivity index (χ0n) is 8.95. The molecule has 0 saturated carbocycles. The number of rotatable bonds is 3. The number of carbonyl (C=O) groups is 1. The average molecular weight is 222 g/mol. The Labute approximate surface area is 92.6 Å². The maximum Gasteiger partial charge on any atom is 0.327 e. The fraction of sp³-hybridized carbons (Fsp3) is 0.273. The van der Waals surface area contributed by atoms with Crippen LogP contribution in [0.2, 0.25) is 0 Å². The number of hydrogen-bond donors (Lipinski definition) is 1. The van der Waals surface area contributed by atoms with Gasteiger partial charge in [-0.2, -0.15) is 5.26 Å². The molecule has 0 amide bonds. The minimum absolute atomic E-state index is 0.0675. The van der Waals surface area contributed by atoms with Crippen molar-refractivity contribution in [2.75, 3.05) is 12.4 Å². The average Bonchev–Trinajstić information content (AvgIpc) is 2.30. The molecular formula is C11H11FN2O2. The first-order valence-corrected chi connectivity index (χ1v) is 4.62. The summed E-state index contributed by atoms with van der Waals surface area (Å²) in [6.45, 7) is 1.61. The van der Waals surface area contributed by atoms with Gasteiger partial charge in [0.25, 0.3) is 0 Å². The summed E-state index contributed by atoms with van der Waals surface area (Å²) in [6.07, 6.45) is 0. The molecule has 5 heteroatoms. The minimum atomic E-state index is -0.584. The summed E-state index contributed by atoms with van der Waals surface area (Å²) in [5.41, 5.74) is 0.429. The van der Waals surface area contributed by atoms with E-state index >= 15 is 0 Å². The second-order valence-corrected chi connectivity index (χ2v) is 3.20. The normalized spacial score (nSPS) is 11.4. The molecular weight excluding hydrogens is 211 g/mol. The van der Waals surface area contributed by atoms with Gasteiger partial charge in [-0.25, -0.2) is 9.18 Å². The number of halogens is 1. The summed E-state index contributed by atoms with van der Waals surface area (Å²) >= 11 is 0. The lowest BCUT2D eigenvalue weighted by Crippen LogP contribution is -2.27. The van der Waals surface area contributed by atoms with Crippen LogP contribution in [0.25, 0.3) is 0 Å². The molecule has 16 heavy (non-hydrogen) atoms. The molecule has 0 heterocycles. The molecule has 0 aliphatic heterocycles. The number of carbonyl (C=O) groups excluding carboxylic acids is 1. The summed E-state index contributed by atoms with van der Waals surface area (Å²) in [5, 5.41) is 11.4. The van der Waals surface area contributed by atoms with Crippen LogP contribution in [0.3, 0.4) is 0 Å². The molecule has 0 aliphatic rings. The quantitative estimate of drug-likeness (QED) is 0.790. The Morgan fingerprint density at radius 1 is 1.62 bits per heavy atom. The van der Waals surface area contributed by atoms with Crippen molar-refractivity contribution in [2.45, 2.75) is 13.0 Å². The molecule has 0 aliphatic carbocycles. The predicted molar refractivity (Wildman–Crippen MR) is 56.2 cm³/mol. The highest BCUT2D eigenvalue weighted by atomic mass is 19.1.